The van der Waals surface area contributed by atoms with Crippen molar-refractivity contribution in [2.24, 2.45) is 7.05 Å². The number of hydrogen-bond acceptors (Lipinski definition) is 3. The van der Waals surface area contributed by atoms with Crippen LogP contribution in [0.15, 0.2) is 18.2 Å². The number of nitriles is 1. The van der Waals surface area contributed by atoms with Crippen LogP contribution in [-0.4, -0.2) is 9.78 Å². The molecule has 0 fully saturated rings. The quantitative estimate of drug-likeness (QED) is 0.833. The molecule has 0 saturated carbocycles. The first kappa shape index (κ1) is 12.5. The molecule has 0 N–H and O–H groups in total. The first-order chi connectivity index (χ1) is 8.52. The van der Waals surface area contributed by atoms with Gasteiger partial charge < -0.3 is 4.74 Å². The van der Waals surface area contributed by atoms with Crippen molar-refractivity contribution in [3.63, 3.8) is 0 Å². The standard InChI is InChI=1S/C13H12ClN3O/c1-8-6-10(14)4-5-12(8)18-13-11(7-15)9(2)16-17(13)3/h4-6H,1-3H3. The minimum atomic E-state index is 0.445. The van der Waals surface area contributed by atoms with E-state index in [0.717, 1.165) is 5.56 Å². The predicted molar refractivity (Wildman–Crippen MR) is 68.9 cm³/mol. The van der Waals surface area contributed by atoms with Crippen molar-refractivity contribution in [2.45, 2.75) is 13.8 Å². The van der Waals surface area contributed by atoms with Gasteiger partial charge in [-0.15, -0.1) is 0 Å². The van der Waals surface area contributed by atoms with Gasteiger partial charge in [-0.1, -0.05) is 11.6 Å². The Morgan fingerprint density at radius 1 is 1.39 bits per heavy atom. The number of aromatic nitrogens is 2. The molecule has 0 aliphatic heterocycles. The van der Waals surface area contributed by atoms with Crippen LogP contribution < -0.4 is 4.74 Å². The Morgan fingerprint density at radius 2 is 2.11 bits per heavy atom. The van der Waals surface area contributed by atoms with Gasteiger partial charge in [0.2, 0.25) is 5.88 Å². The number of hydrogen-bond donors (Lipinski definition) is 0. The van der Waals surface area contributed by atoms with E-state index in [9.17, 15) is 0 Å². The van der Waals surface area contributed by atoms with Crippen LogP contribution in [0.3, 0.4) is 0 Å². The van der Waals surface area contributed by atoms with E-state index in [2.05, 4.69) is 11.2 Å². The lowest BCUT2D eigenvalue weighted by atomic mass is 10.2. The molecule has 4 nitrogen and oxygen atoms in total. The second-order valence-corrected chi connectivity index (χ2v) is 4.45. The Hall–Kier alpha value is -1.99. The van der Waals surface area contributed by atoms with Gasteiger partial charge >= 0.3 is 0 Å². The maximum Gasteiger partial charge on any atom is 0.235 e. The highest BCUT2D eigenvalue weighted by molar-refractivity contribution is 6.30. The predicted octanol–water partition coefficient (Wildman–Crippen LogP) is 3.35. The molecule has 2 aromatic rings. The van der Waals surface area contributed by atoms with Crippen LogP contribution in [0.4, 0.5) is 0 Å². The molecule has 0 spiro atoms. The van der Waals surface area contributed by atoms with Crippen LogP contribution in [0, 0.1) is 25.2 Å². The molecule has 2 rings (SSSR count). The summed E-state index contributed by atoms with van der Waals surface area (Å²) in [7, 11) is 1.74. The van der Waals surface area contributed by atoms with Crippen molar-refractivity contribution in [3.05, 3.63) is 40.0 Å². The maximum absolute atomic E-state index is 9.10. The number of rotatable bonds is 2. The SMILES string of the molecule is Cc1cc(Cl)ccc1Oc1c(C#N)c(C)nn1C. The van der Waals surface area contributed by atoms with Crippen molar-refractivity contribution >= 4 is 11.6 Å². The third-order valence-corrected chi connectivity index (χ3v) is 2.86. The average Bonchev–Trinajstić information content (AvgIpc) is 2.57. The Labute approximate surface area is 110 Å². The monoisotopic (exact) mass is 261 g/mol. The smallest absolute Gasteiger partial charge is 0.235 e. The molecule has 5 heteroatoms. The molecule has 18 heavy (non-hydrogen) atoms. The number of benzene rings is 1. The van der Waals surface area contributed by atoms with Gasteiger partial charge in [-0.25, -0.2) is 4.68 Å². The zero-order valence-electron chi connectivity index (χ0n) is 10.4. The van der Waals surface area contributed by atoms with Crippen molar-refractivity contribution in [2.75, 3.05) is 0 Å². The number of nitrogens with zero attached hydrogens (tertiary/aromatic N) is 3. The molecule has 92 valence electrons. The van der Waals surface area contributed by atoms with Crippen molar-refractivity contribution in [1.82, 2.24) is 9.78 Å². The molecule has 0 unspecified atom stereocenters. The average molecular weight is 262 g/mol. The van der Waals surface area contributed by atoms with Gasteiger partial charge in [0.25, 0.3) is 0 Å². The minimum Gasteiger partial charge on any atom is -0.438 e. The highest BCUT2D eigenvalue weighted by atomic mass is 35.5. The molecule has 1 aromatic heterocycles. The van der Waals surface area contributed by atoms with Gasteiger partial charge in [-0.3, -0.25) is 0 Å². The summed E-state index contributed by atoms with van der Waals surface area (Å²) in [6.07, 6.45) is 0. The molecule has 0 aliphatic carbocycles. The van der Waals surface area contributed by atoms with Crippen LogP contribution in [0.5, 0.6) is 11.6 Å². The van der Waals surface area contributed by atoms with Crippen LogP contribution in [0.2, 0.25) is 5.02 Å². The number of halogens is 1. The normalized spacial score (nSPS) is 10.2. The lowest BCUT2D eigenvalue weighted by molar-refractivity contribution is 0.426. The summed E-state index contributed by atoms with van der Waals surface area (Å²) < 4.78 is 7.31. The van der Waals surface area contributed by atoms with E-state index in [1.807, 2.05) is 13.0 Å². The second-order valence-electron chi connectivity index (χ2n) is 4.01. The summed E-state index contributed by atoms with van der Waals surface area (Å²) >= 11 is 5.89. The minimum absolute atomic E-state index is 0.445. The van der Waals surface area contributed by atoms with Gasteiger partial charge in [0.1, 0.15) is 17.4 Å². The maximum atomic E-state index is 9.10. The second kappa shape index (κ2) is 4.71. The molecule has 0 saturated heterocycles. The van der Waals surface area contributed by atoms with E-state index < -0.39 is 0 Å². The first-order valence-electron chi connectivity index (χ1n) is 5.40. The first-order valence-corrected chi connectivity index (χ1v) is 5.78. The van der Waals surface area contributed by atoms with Crippen LogP contribution in [-0.2, 0) is 7.05 Å². The molecule has 0 bridgehead atoms. The zero-order chi connectivity index (χ0) is 13.3. The van der Waals surface area contributed by atoms with Crippen LogP contribution in [0.25, 0.3) is 0 Å². The molecule has 0 amide bonds. The molecule has 0 atom stereocenters. The van der Waals surface area contributed by atoms with E-state index in [1.54, 1.807) is 30.8 Å². The van der Waals surface area contributed by atoms with Crippen molar-refractivity contribution in [1.29, 1.82) is 5.26 Å². The van der Waals surface area contributed by atoms with E-state index in [0.29, 0.717) is 27.9 Å². The lowest BCUT2D eigenvalue weighted by Gasteiger charge is -2.09. The zero-order valence-corrected chi connectivity index (χ0v) is 11.1. The van der Waals surface area contributed by atoms with E-state index >= 15 is 0 Å². The van der Waals surface area contributed by atoms with Gasteiger partial charge in [-0.2, -0.15) is 10.4 Å². The Morgan fingerprint density at radius 3 is 2.72 bits per heavy atom. The number of aryl methyl sites for hydroxylation is 3. The summed E-state index contributed by atoms with van der Waals surface area (Å²) in [5.74, 6) is 1.11. The van der Waals surface area contributed by atoms with E-state index in [4.69, 9.17) is 21.6 Å². The third-order valence-electron chi connectivity index (χ3n) is 2.62. The highest BCUT2D eigenvalue weighted by Crippen LogP contribution is 2.30. The highest BCUT2D eigenvalue weighted by Gasteiger charge is 2.15. The fourth-order valence-corrected chi connectivity index (χ4v) is 1.94. The fourth-order valence-electron chi connectivity index (χ4n) is 1.71. The summed E-state index contributed by atoms with van der Waals surface area (Å²) in [6, 6.07) is 7.44. The Bertz CT molecular complexity index is 640. The molecule has 1 aromatic carbocycles. The Balaban J connectivity index is 2.43. The molecular weight excluding hydrogens is 250 g/mol. The van der Waals surface area contributed by atoms with Gasteiger partial charge in [0.15, 0.2) is 0 Å². The topological polar surface area (TPSA) is 50.8 Å². The summed E-state index contributed by atoms with van der Waals surface area (Å²) in [5.41, 5.74) is 2.01. The van der Waals surface area contributed by atoms with Crippen LogP contribution >= 0.6 is 11.6 Å². The largest absolute Gasteiger partial charge is 0.438 e. The lowest BCUT2D eigenvalue weighted by Crippen LogP contribution is -1.97. The van der Waals surface area contributed by atoms with Crippen LogP contribution in [0.1, 0.15) is 16.8 Å². The van der Waals surface area contributed by atoms with E-state index in [1.165, 1.54) is 0 Å². The summed E-state index contributed by atoms with van der Waals surface area (Å²) in [4.78, 5) is 0. The molecule has 0 aliphatic rings. The molecule has 0 radical (unpaired) electrons. The van der Waals surface area contributed by atoms with Crippen molar-refractivity contribution in [3.8, 4) is 17.7 Å². The Kier molecular flexibility index (Phi) is 3.26. The summed E-state index contributed by atoms with van der Waals surface area (Å²) in [5, 5.41) is 13.9. The fraction of sp³-hybridized carbons (Fsp3) is 0.231. The summed E-state index contributed by atoms with van der Waals surface area (Å²) in [6.45, 7) is 3.68. The van der Waals surface area contributed by atoms with Gasteiger partial charge in [-0.05, 0) is 37.6 Å². The van der Waals surface area contributed by atoms with Crippen molar-refractivity contribution < 1.29 is 4.74 Å². The molecular formula is C13H12ClN3O. The number of ether oxygens (including phenoxy) is 1. The van der Waals surface area contributed by atoms with E-state index in [-0.39, 0.29) is 0 Å². The van der Waals surface area contributed by atoms with Gasteiger partial charge in [0, 0.05) is 12.1 Å². The molecule has 1 heterocycles. The van der Waals surface area contributed by atoms with Gasteiger partial charge in [0.05, 0.1) is 5.69 Å². The third kappa shape index (κ3) is 2.18.